The molecule has 0 saturated carbocycles. The van der Waals surface area contributed by atoms with Crippen LogP contribution < -0.4 is 10.9 Å². The Balaban J connectivity index is 1.30. The van der Waals surface area contributed by atoms with Gasteiger partial charge in [0, 0.05) is 17.3 Å². The molecule has 5 nitrogen and oxygen atoms in total. The third kappa shape index (κ3) is 3.42. The van der Waals surface area contributed by atoms with Crippen LogP contribution in [0.2, 0.25) is 0 Å². The lowest BCUT2D eigenvalue weighted by Gasteiger charge is -2.09. The second kappa shape index (κ2) is 7.44. The molecular formula is C25H19N3O2. The summed E-state index contributed by atoms with van der Waals surface area (Å²) in [4.78, 5) is 29.3. The van der Waals surface area contributed by atoms with Crippen LogP contribution in [-0.4, -0.2) is 15.5 Å². The average molecular weight is 393 g/mol. The van der Waals surface area contributed by atoms with E-state index in [2.05, 4.69) is 22.4 Å². The Morgan fingerprint density at radius 1 is 0.900 bits per heavy atom. The van der Waals surface area contributed by atoms with Gasteiger partial charge in [0.05, 0.1) is 12.0 Å². The van der Waals surface area contributed by atoms with Crippen molar-refractivity contribution in [3.63, 3.8) is 0 Å². The van der Waals surface area contributed by atoms with E-state index in [1.807, 2.05) is 60.7 Å². The molecule has 1 N–H and O–H groups in total. The smallest absolute Gasteiger partial charge is 0.254 e. The van der Waals surface area contributed by atoms with Crippen LogP contribution in [0.1, 0.15) is 11.1 Å². The minimum atomic E-state index is -0.262. The third-order valence-electron chi connectivity index (χ3n) is 5.34. The molecule has 0 bridgehead atoms. The van der Waals surface area contributed by atoms with Gasteiger partial charge < -0.3 is 5.32 Å². The second-order valence-electron chi connectivity index (χ2n) is 7.36. The fourth-order valence-electron chi connectivity index (χ4n) is 3.89. The van der Waals surface area contributed by atoms with Crippen LogP contribution in [0.15, 0.2) is 90.0 Å². The van der Waals surface area contributed by atoms with Gasteiger partial charge in [-0.25, -0.2) is 4.98 Å². The van der Waals surface area contributed by atoms with Crippen molar-refractivity contribution in [2.45, 2.75) is 13.0 Å². The van der Waals surface area contributed by atoms with Crippen molar-refractivity contribution in [1.29, 1.82) is 0 Å². The van der Waals surface area contributed by atoms with Crippen LogP contribution in [-0.2, 0) is 17.8 Å². The predicted molar refractivity (Wildman–Crippen MR) is 117 cm³/mol. The molecular weight excluding hydrogens is 374 g/mol. The first kappa shape index (κ1) is 18.1. The molecule has 0 aliphatic heterocycles. The summed E-state index contributed by atoms with van der Waals surface area (Å²) in [5.41, 5.74) is 6.88. The summed E-state index contributed by atoms with van der Waals surface area (Å²) in [6.07, 6.45) is 2.28. The maximum absolute atomic E-state index is 12.5. The number of carbonyl (C=O) groups is 1. The summed E-state index contributed by atoms with van der Waals surface area (Å²) in [7, 11) is 0. The summed E-state index contributed by atoms with van der Waals surface area (Å²) in [6, 6.07) is 25.2. The Labute approximate surface area is 173 Å². The van der Waals surface area contributed by atoms with Crippen LogP contribution in [0.5, 0.6) is 0 Å². The maximum Gasteiger partial charge on any atom is 0.254 e. The molecule has 1 heterocycles. The number of anilines is 1. The van der Waals surface area contributed by atoms with Crippen LogP contribution >= 0.6 is 0 Å². The molecule has 0 atom stereocenters. The number of fused-ring (bicyclic) bond motifs is 3. The standard InChI is InChI=1S/C25H19N3O2/c29-24(15-28-16-26-23(14-25(28)30)17-6-2-1-3-7-17)27-20-10-11-22-19(13-20)12-18-8-4-5-9-21(18)22/h1-11,13-14,16H,12,15H2,(H,27,29). The summed E-state index contributed by atoms with van der Waals surface area (Å²) in [5.74, 6) is -0.262. The lowest BCUT2D eigenvalue weighted by atomic mass is 10.1. The lowest BCUT2D eigenvalue weighted by molar-refractivity contribution is -0.116. The van der Waals surface area contributed by atoms with Gasteiger partial charge in [0.2, 0.25) is 5.91 Å². The number of aromatic nitrogens is 2. The van der Waals surface area contributed by atoms with Crippen molar-refractivity contribution in [1.82, 2.24) is 9.55 Å². The van der Waals surface area contributed by atoms with Gasteiger partial charge in [-0.05, 0) is 40.8 Å². The van der Waals surface area contributed by atoms with E-state index in [9.17, 15) is 9.59 Å². The van der Waals surface area contributed by atoms with Crippen molar-refractivity contribution in [3.8, 4) is 22.4 Å². The van der Waals surface area contributed by atoms with E-state index in [0.717, 1.165) is 17.7 Å². The Morgan fingerprint density at radius 2 is 1.67 bits per heavy atom. The summed E-state index contributed by atoms with van der Waals surface area (Å²) < 4.78 is 1.31. The Hall–Kier alpha value is -3.99. The maximum atomic E-state index is 12.5. The number of hydrogen-bond acceptors (Lipinski definition) is 3. The van der Waals surface area contributed by atoms with Gasteiger partial charge in [-0.2, -0.15) is 0 Å². The number of nitrogens with one attached hydrogen (secondary N) is 1. The SMILES string of the molecule is O=C(Cn1cnc(-c2ccccc2)cc1=O)Nc1ccc2c(c1)Cc1ccccc1-2. The molecule has 30 heavy (non-hydrogen) atoms. The van der Waals surface area contributed by atoms with E-state index in [-0.39, 0.29) is 18.0 Å². The molecule has 1 amide bonds. The topological polar surface area (TPSA) is 64.0 Å². The highest BCUT2D eigenvalue weighted by Gasteiger charge is 2.18. The molecule has 4 aromatic rings. The van der Waals surface area contributed by atoms with E-state index >= 15 is 0 Å². The van der Waals surface area contributed by atoms with Gasteiger partial charge in [-0.15, -0.1) is 0 Å². The van der Waals surface area contributed by atoms with Crippen molar-refractivity contribution in [2.75, 3.05) is 5.32 Å². The highest BCUT2D eigenvalue weighted by molar-refractivity contribution is 5.91. The first-order valence-electron chi connectivity index (χ1n) is 9.80. The van der Waals surface area contributed by atoms with Gasteiger partial charge >= 0.3 is 0 Å². The van der Waals surface area contributed by atoms with E-state index in [4.69, 9.17) is 0 Å². The van der Waals surface area contributed by atoms with Gasteiger partial charge in [0.1, 0.15) is 6.54 Å². The molecule has 146 valence electrons. The molecule has 0 radical (unpaired) electrons. The molecule has 1 aromatic heterocycles. The quantitative estimate of drug-likeness (QED) is 0.500. The summed E-state index contributed by atoms with van der Waals surface area (Å²) in [6.45, 7) is -0.0851. The van der Waals surface area contributed by atoms with Crippen molar-refractivity contribution in [3.05, 3.63) is 107 Å². The predicted octanol–water partition coefficient (Wildman–Crippen LogP) is 4.12. The highest BCUT2D eigenvalue weighted by atomic mass is 16.2. The number of rotatable bonds is 4. The summed E-state index contributed by atoms with van der Waals surface area (Å²) in [5, 5.41) is 2.89. The van der Waals surface area contributed by atoms with Gasteiger partial charge in [0.15, 0.2) is 0 Å². The average Bonchev–Trinajstić information content (AvgIpc) is 3.13. The Morgan fingerprint density at radius 3 is 2.50 bits per heavy atom. The number of carbonyl (C=O) groups excluding carboxylic acids is 1. The molecule has 0 unspecified atom stereocenters. The van der Waals surface area contributed by atoms with Crippen LogP contribution in [0.3, 0.4) is 0 Å². The number of nitrogens with zero attached hydrogens (tertiary/aromatic N) is 2. The van der Waals surface area contributed by atoms with Crippen molar-refractivity contribution < 1.29 is 4.79 Å². The molecule has 5 heteroatoms. The molecule has 1 aliphatic rings. The largest absolute Gasteiger partial charge is 0.325 e. The molecule has 3 aromatic carbocycles. The van der Waals surface area contributed by atoms with Crippen molar-refractivity contribution >= 4 is 11.6 Å². The zero-order valence-electron chi connectivity index (χ0n) is 16.2. The van der Waals surface area contributed by atoms with Crippen molar-refractivity contribution in [2.24, 2.45) is 0 Å². The zero-order chi connectivity index (χ0) is 20.5. The normalized spacial score (nSPS) is 11.6. The summed E-state index contributed by atoms with van der Waals surface area (Å²) >= 11 is 0. The Kier molecular flexibility index (Phi) is 4.48. The van der Waals surface area contributed by atoms with E-state index in [0.29, 0.717) is 5.69 Å². The molecule has 0 spiro atoms. The first-order valence-corrected chi connectivity index (χ1v) is 9.80. The van der Waals surface area contributed by atoms with Crippen LogP contribution in [0.25, 0.3) is 22.4 Å². The van der Waals surface area contributed by atoms with Gasteiger partial charge in [0.25, 0.3) is 5.56 Å². The molecule has 0 saturated heterocycles. The molecule has 5 rings (SSSR count). The number of amides is 1. The second-order valence-corrected chi connectivity index (χ2v) is 7.36. The van der Waals surface area contributed by atoms with Crippen LogP contribution in [0, 0.1) is 0 Å². The Bertz CT molecular complexity index is 1310. The molecule has 1 aliphatic carbocycles. The zero-order valence-corrected chi connectivity index (χ0v) is 16.2. The van der Waals surface area contributed by atoms with Gasteiger partial charge in [-0.3, -0.25) is 14.2 Å². The first-order chi connectivity index (χ1) is 14.7. The van der Waals surface area contributed by atoms with E-state index < -0.39 is 0 Å². The van der Waals surface area contributed by atoms with Crippen LogP contribution in [0.4, 0.5) is 5.69 Å². The lowest BCUT2D eigenvalue weighted by Crippen LogP contribution is -2.27. The number of benzene rings is 3. The molecule has 0 fully saturated rings. The fourth-order valence-corrected chi connectivity index (χ4v) is 3.89. The minimum Gasteiger partial charge on any atom is -0.325 e. The highest BCUT2D eigenvalue weighted by Crippen LogP contribution is 2.37. The third-order valence-corrected chi connectivity index (χ3v) is 5.34. The monoisotopic (exact) mass is 393 g/mol. The number of hydrogen-bond donors (Lipinski definition) is 1. The minimum absolute atomic E-state index is 0.0851. The van der Waals surface area contributed by atoms with E-state index in [1.54, 1.807) is 0 Å². The fraction of sp³-hybridized carbons (Fsp3) is 0.0800. The van der Waals surface area contributed by atoms with E-state index in [1.165, 1.54) is 39.2 Å². The van der Waals surface area contributed by atoms with Gasteiger partial charge in [-0.1, -0.05) is 60.7 Å².